The molecule has 1 saturated heterocycles. The lowest BCUT2D eigenvalue weighted by Crippen LogP contribution is -2.53. The lowest BCUT2D eigenvalue weighted by molar-refractivity contribution is -0.140. The van der Waals surface area contributed by atoms with Crippen LogP contribution in [0.15, 0.2) is 11.3 Å². The van der Waals surface area contributed by atoms with Crippen molar-refractivity contribution in [2.45, 2.75) is 18.7 Å². The van der Waals surface area contributed by atoms with Gasteiger partial charge in [0.05, 0.1) is 17.5 Å². The Balaban J connectivity index is 2.37. The third-order valence-electron chi connectivity index (χ3n) is 2.25. The summed E-state index contributed by atoms with van der Waals surface area (Å²) < 4.78 is 0. The van der Waals surface area contributed by atoms with Crippen LogP contribution in [0.1, 0.15) is 13.3 Å². The Bertz CT molecular complexity index is 324. The lowest BCUT2D eigenvalue weighted by Gasteiger charge is -2.44. The van der Waals surface area contributed by atoms with E-state index in [1.165, 1.54) is 0 Å². The molecule has 0 unspecified atom stereocenters. The molecule has 2 heterocycles. The molecule has 70 valence electrons. The van der Waals surface area contributed by atoms with Crippen LogP contribution in [0.4, 0.5) is 0 Å². The van der Waals surface area contributed by atoms with E-state index < -0.39 is 0 Å². The third kappa shape index (κ3) is 1.30. The molecule has 0 radical (unpaired) electrons. The minimum atomic E-state index is -0.296. The quantitative estimate of drug-likeness (QED) is 0.524. The molecule has 0 aliphatic carbocycles. The first kappa shape index (κ1) is 9.15. The summed E-state index contributed by atoms with van der Waals surface area (Å²) in [6.45, 7) is 1.87. The van der Waals surface area contributed by atoms with Crippen molar-refractivity contribution in [1.82, 2.24) is 4.90 Å². The average molecular weight is 215 g/mol. The summed E-state index contributed by atoms with van der Waals surface area (Å²) in [7, 11) is 0. The van der Waals surface area contributed by atoms with Gasteiger partial charge in [0.15, 0.2) is 0 Å². The minimum Gasteiger partial charge on any atom is -0.295 e. The van der Waals surface area contributed by atoms with E-state index in [0.29, 0.717) is 12.1 Å². The van der Waals surface area contributed by atoms with Crippen molar-refractivity contribution >= 4 is 35.4 Å². The maximum atomic E-state index is 11.2. The van der Waals surface area contributed by atoms with Crippen molar-refractivity contribution in [1.29, 1.82) is 0 Å². The Morgan fingerprint density at radius 2 is 2.38 bits per heavy atom. The van der Waals surface area contributed by atoms with Crippen molar-refractivity contribution in [2.75, 3.05) is 5.75 Å². The van der Waals surface area contributed by atoms with Gasteiger partial charge < -0.3 is 0 Å². The topological polar surface area (TPSA) is 37.4 Å². The Labute approximate surface area is 86.0 Å². The van der Waals surface area contributed by atoms with E-state index in [1.807, 2.05) is 6.92 Å². The van der Waals surface area contributed by atoms with Crippen LogP contribution < -0.4 is 0 Å². The summed E-state index contributed by atoms with van der Waals surface area (Å²) in [4.78, 5) is 23.9. The predicted octanol–water partition coefficient (Wildman–Crippen LogP) is 1.02. The molecule has 0 spiro atoms. The molecule has 0 aromatic carbocycles. The van der Waals surface area contributed by atoms with Gasteiger partial charge in [-0.1, -0.05) is 12.6 Å². The molecule has 3 nitrogen and oxygen atoms in total. The number of hydrogen-bond donors (Lipinski definition) is 1. The van der Waals surface area contributed by atoms with Crippen LogP contribution in [-0.4, -0.2) is 27.0 Å². The van der Waals surface area contributed by atoms with Crippen LogP contribution in [0.2, 0.25) is 0 Å². The fraction of sp³-hybridized carbons (Fsp3) is 0.500. The van der Waals surface area contributed by atoms with Crippen molar-refractivity contribution in [3.05, 3.63) is 11.3 Å². The first-order valence-corrected chi connectivity index (χ1v) is 5.47. The standard InChI is InChI=1S/C8H9NO2S2/c1-4-3-13-6-2-5(10)9(6)7(4)8(11)12/h6H,2-3H2,1H3,(H,11,12)/t6-/m1/s1. The van der Waals surface area contributed by atoms with Crippen LogP contribution in [0.3, 0.4) is 0 Å². The van der Waals surface area contributed by atoms with Gasteiger partial charge in [0, 0.05) is 5.75 Å². The number of carbonyl (C=O) groups excluding carboxylic acids is 2. The highest BCUT2D eigenvalue weighted by Gasteiger charge is 2.43. The molecule has 2 aliphatic rings. The number of thioether (sulfide) groups is 1. The highest BCUT2D eigenvalue weighted by molar-refractivity contribution is 8.00. The molecule has 0 bridgehead atoms. The maximum Gasteiger partial charge on any atom is 0.232 e. The summed E-state index contributed by atoms with van der Waals surface area (Å²) in [6.07, 6.45) is 0.558. The highest BCUT2D eigenvalue weighted by Crippen LogP contribution is 2.40. The molecule has 1 atom stereocenters. The Hall–Kier alpha value is -0.420. The number of rotatable bonds is 1. The Kier molecular flexibility index (Phi) is 2.15. The lowest BCUT2D eigenvalue weighted by atomic mass is 10.1. The van der Waals surface area contributed by atoms with Crippen molar-refractivity contribution in [3.63, 3.8) is 0 Å². The van der Waals surface area contributed by atoms with Gasteiger partial charge in [-0.2, -0.15) is 0 Å². The number of hydrogen-bond acceptors (Lipinski definition) is 3. The number of thiol groups is 1. The second-order valence-corrected chi connectivity index (χ2v) is 4.74. The number of nitrogens with zero attached hydrogens (tertiary/aromatic N) is 1. The molecule has 0 saturated carbocycles. The van der Waals surface area contributed by atoms with Crippen LogP contribution in [0.5, 0.6) is 0 Å². The Morgan fingerprint density at radius 3 is 2.85 bits per heavy atom. The van der Waals surface area contributed by atoms with Gasteiger partial charge >= 0.3 is 0 Å². The zero-order valence-corrected chi connectivity index (χ0v) is 8.82. The second-order valence-electron chi connectivity index (χ2n) is 3.17. The summed E-state index contributed by atoms with van der Waals surface area (Å²) >= 11 is 5.48. The van der Waals surface area contributed by atoms with E-state index in [-0.39, 0.29) is 16.4 Å². The highest BCUT2D eigenvalue weighted by atomic mass is 32.2. The number of amides is 1. The first-order chi connectivity index (χ1) is 6.11. The molecule has 0 N–H and O–H groups in total. The molecule has 1 fully saturated rings. The van der Waals surface area contributed by atoms with E-state index in [1.54, 1.807) is 16.7 Å². The molecule has 1 amide bonds. The van der Waals surface area contributed by atoms with Gasteiger partial charge in [-0.3, -0.25) is 14.5 Å². The normalized spacial score (nSPS) is 27.1. The van der Waals surface area contributed by atoms with Gasteiger partial charge in [-0.25, -0.2) is 0 Å². The van der Waals surface area contributed by atoms with Crippen molar-refractivity contribution in [3.8, 4) is 0 Å². The van der Waals surface area contributed by atoms with E-state index in [9.17, 15) is 9.59 Å². The fourth-order valence-electron chi connectivity index (χ4n) is 1.57. The monoisotopic (exact) mass is 215 g/mol. The van der Waals surface area contributed by atoms with Crippen LogP contribution in [0.25, 0.3) is 0 Å². The van der Waals surface area contributed by atoms with E-state index in [2.05, 4.69) is 12.6 Å². The smallest absolute Gasteiger partial charge is 0.232 e. The van der Waals surface area contributed by atoms with E-state index >= 15 is 0 Å². The van der Waals surface area contributed by atoms with E-state index in [0.717, 1.165) is 11.3 Å². The SMILES string of the molecule is CC1=C(C(=O)S)N2C(=O)C[C@H]2SC1. The number of β-lactam (4-membered cyclic amide) rings is 1. The molecular weight excluding hydrogens is 206 g/mol. The molecule has 0 aromatic heterocycles. The largest absolute Gasteiger partial charge is 0.295 e. The summed E-state index contributed by atoms with van der Waals surface area (Å²) in [5, 5.41) is -0.113. The van der Waals surface area contributed by atoms with E-state index in [4.69, 9.17) is 0 Å². The van der Waals surface area contributed by atoms with Gasteiger partial charge in [0.1, 0.15) is 0 Å². The predicted molar refractivity (Wildman–Crippen MR) is 54.4 cm³/mol. The number of carbonyl (C=O) groups is 2. The summed E-state index contributed by atoms with van der Waals surface area (Å²) in [5.41, 5.74) is 1.46. The molecule has 5 heteroatoms. The number of fused-ring (bicyclic) bond motifs is 1. The minimum absolute atomic E-state index is 0.0361. The molecule has 0 aromatic rings. The maximum absolute atomic E-state index is 11.2. The van der Waals surface area contributed by atoms with Gasteiger partial charge in [-0.15, -0.1) is 11.8 Å². The van der Waals surface area contributed by atoms with Gasteiger partial charge in [0.2, 0.25) is 11.0 Å². The van der Waals surface area contributed by atoms with Crippen LogP contribution in [-0.2, 0) is 9.59 Å². The molecule has 13 heavy (non-hydrogen) atoms. The zero-order valence-electron chi connectivity index (χ0n) is 7.11. The first-order valence-electron chi connectivity index (χ1n) is 3.98. The third-order valence-corrected chi connectivity index (χ3v) is 3.82. The fourth-order valence-corrected chi connectivity index (χ4v) is 3.08. The zero-order chi connectivity index (χ0) is 9.59. The second kappa shape index (κ2) is 3.06. The Morgan fingerprint density at radius 1 is 1.69 bits per heavy atom. The molecule has 2 aliphatic heterocycles. The van der Waals surface area contributed by atoms with Crippen molar-refractivity contribution < 1.29 is 9.59 Å². The summed E-state index contributed by atoms with van der Waals surface area (Å²) in [6, 6.07) is 0. The molecule has 2 rings (SSSR count). The molecular formula is C8H9NO2S2. The summed E-state index contributed by atoms with van der Waals surface area (Å²) in [5.74, 6) is 0.866. The van der Waals surface area contributed by atoms with Gasteiger partial charge in [0.25, 0.3) is 0 Å². The average Bonchev–Trinajstić information content (AvgIpc) is 2.05. The van der Waals surface area contributed by atoms with Crippen LogP contribution >= 0.6 is 24.4 Å². The van der Waals surface area contributed by atoms with Gasteiger partial charge in [-0.05, 0) is 12.5 Å². The van der Waals surface area contributed by atoms with Crippen molar-refractivity contribution in [2.24, 2.45) is 0 Å². The van der Waals surface area contributed by atoms with Crippen LogP contribution in [0, 0.1) is 0 Å².